The molecule has 1 aromatic heterocycles. The topological polar surface area (TPSA) is 52.3 Å². The minimum atomic E-state index is -0.480. The summed E-state index contributed by atoms with van der Waals surface area (Å²) >= 11 is 2.21. The van der Waals surface area contributed by atoms with E-state index in [1.165, 1.54) is 0 Å². The second-order valence-corrected chi connectivity index (χ2v) is 4.89. The second-order valence-electron chi connectivity index (χ2n) is 3.64. The normalized spacial score (nSPS) is 10.4. The first-order chi connectivity index (χ1) is 8.61. The van der Waals surface area contributed by atoms with Crippen LogP contribution in [0.15, 0.2) is 28.7 Å². The molecule has 94 valence electrons. The van der Waals surface area contributed by atoms with E-state index in [4.69, 9.17) is 9.15 Å². The fourth-order valence-corrected chi connectivity index (χ4v) is 2.14. The van der Waals surface area contributed by atoms with Gasteiger partial charge >= 0.3 is 5.97 Å². The fourth-order valence-electron chi connectivity index (χ4n) is 1.59. The maximum atomic E-state index is 11.8. The van der Waals surface area contributed by atoms with Crippen LogP contribution in [0.3, 0.4) is 0 Å². The van der Waals surface area contributed by atoms with E-state index in [0.717, 1.165) is 9.13 Å². The van der Waals surface area contributed by atoms with Crippen molar-refractivity contribution < 1.29 is 13.9 Å². The van der Waals surface area contributed by atoms with Crippen molar-refractivity contribution in [3.63, 3.8) is 0 Å². The van der Waals surface area contributed by atoms with Crippen LogP contribution in [0.25, 0.3) is 11.3 Å². The molecule has 1 heterocycles. The molecule has 0 radical (unpaired) electrons. The van der Waals surface area contributed by atoms with Crippen LogP contribution in [0.5, 0.6) is 0 Å². The zero-order valence-electron chi connectivity index (χ0n) is 10.1. The lowest BCUT2D eigenvalue weighted by Gasteiger charge is -2.01. The molecular weight excluding hydrogens is 345 g/mol. The molecule has 1 aromatic carbocycles. The summed E-state index contributed by atoms with van der Waals surface area (Å²) in [5.74, 6) is 0.134. The van der Waals surface area contributed by atoms with Crippen molar-refractivity contribution in [3.8, 4) is 11.3 Å². The quantitative estimate of drug-likeness (QED) is 0.624. The van der Waals surface area contributed by atoms with Gasteiger partial charge in [-0.25, -0.2) is 9.78 Å². The molecular formula is C13H12INO3. The Bertz CT molecular complexity index is 577. The van der Waals surface area contributed by atoms with E-state index >= 15 is 0 Å². The average molecular weight is 357 g/mol. The predicted octanol–water partition coefficient (Wildman–Crippen LogP) is 3.43. The number of halogens is 1. The molecule has 0 N–H and O–H groups in total. The van der Waals surface area contributed by atoms with Crippen LogP contribution in [0.4, 0.5) is 0 Å². The molecule has 5 heteroatoms. The Kier molecular flexibility index (Phi) is 4.00. The maximum absolute atomic E-state index is 11.8. The van der Waals surface area contributed by atoms with Crippen molar-refractivity contribution in [2.45, 2.75) is 13.8 Å². The molecule has 18 heavy (non-hydrogen) atoms. The van der Waals surface area contributed by atoms with Gasteiger partial charge in [0.25, 0.3) is 0 Å². The van der Waals surface area contributed by atoms with Gasteiger partial charge in [-0.05, 0) is 41.6 Å². The van der Waals surface area contributed by atoms with E-state index in [0.29, 0.717) is 18.2 Å². The number of ether oxygens (including phenoxy) is 1. The molecule has 0 bridgehead atoms. The number of oxazole rings is 1. The summed E-state index contributed by atoms with van der Waals surface area (Å²) in [5.41, 5.74) is 1.38. The summed E-state index contributed by atoms with van der Waals surface area (Å²) in [6.45, 7) is 3.77. The third-order valence-electron chi connectivity index (χ3n) is 2.29. The molecule has 2 aromatic rings. The summed E-state index contributed by atoms with van der Waals surface area (Å²) in [4.78, 5) is 16.0. The molecule has 0 atom stereocenters. The first-order valence-electron chi connectivity index (χ1n) is 5.52. The Balaban J connectivity index is 2.47. The lowest BCUT2D eigenvalue weighted by Crippen LogP contribution is -2.04. The molecule has 4 nitrogen and oxygen atoms in total. The minimum absolute atomic E-state index is 0.163. The van der Waals surface area contributed by atoms with Gasteiger partial charge < -0.3 is 9.15 Å². The van der Waals surface area contributed by atoms with Crippen LogP contribution in [0.2, 0.25) is 0 Å². The first-order valence-corrected chi connectivity index (χ1v) is 6.60. The molecule has 2 rings (SSSR count). The summed E-state index contributed by atoms with van der Waals surface area (Å²) < 4.78 is 11.4. The highest BCUT2D eigenvalue weighted by Crippen LogP contribution is 2.25. The highest BCUT2D eigenvalue weighted by Gasteiger charge is 2.21. The van der Waals surface area contributed by atoms with Crippen molar-refractivity contribution >= 4 is 28.6 Å². The van der Waals surface area contributed by atoms with Gasteiger partial charge in [0, 0.05) is 16.1 Å². The minimum Gasteiger partial charge on any atom is -0.460 e. The predicted molar refractivity (Wildman–Crippen MR) is 75.3 cm³/mol. The average Bonchev–Trinajstić information content (AvgIpc) is 2.72. The lowest BCUT2D eigenvalue weighted by atomic mass is 10.1. The zero-order valence-corrected chi connectivity index (χ0v) is 12.2. The molecule has 0 unspecified atom stereocenters. The number of benzene rings is 1. The molecule has 0 saturated heterocycles. The van der Waals surface area contributed by atoms with Gasteiger partial charge in [-0.3, -0.25) is 0 Å². The number of nitrogens with zero attached hydrogens (tertiary/aromatic N) is 1. The van der Waals surface area contributed by atoms with E-state index in [2.05, 4.69) is 27.6 Å². The van der Waals surface area contributed by atoms with Gasteiger partial charge in [0.2, 0.25) is 5.76 Å². The van der Waals surface area contributed by atoms with Crippen molar-refractivity contribution in [1.29, 1.82) is 0 Å². The third-order valence-corrected chi connectivity index (χ3v) is 2.96. The van der Waals surface area contributed by atoms with Gasteiger partial charge in [0.05, 0.1) is 6.61 Å². The SMILES string of the molecule is CCOC(=O)c1oc(C)nc1-c1cccc(I)c1. The zero-order chi connectivity index (χ0) is 13.1. The Morgan fingerprint density at radius 1 is 1.50 bits per heavy atom. The smallest absolute Gasteiger partial charge is 0.376 e. The standard InChI is InChI=1S/C13H12INO3/c1-3-17-13(16)12-11(15-8(2)18-12)9-5-4-6-10(14)7-9/h4-7H,3H2,1-2H3. The van der Waals surface area contributed by atoms with Crippen molar-refractivity contribution in [2.75, 3.05) is 6.61 Å². The lowest BCUT2D eigenvalue weighted by molar-refractivity contribution is 0.0490. The van der Waals surface area contributed by atoms with E-state index in [9.17, 15) is 4.79 Å². The van der Waals surface area contributed by atoms with Crippen molar-refractivity contribution in [1.82, 2.24) is 4.98 Å². The number of hydrogen-bond acceptors (Lipinski definition) is 4. The van der Waals surface area contributed by atoms with Gasteiger partial charge in [-0.15, -0.1) is 0 Å². The number of carbonyl (C=O) groups is 1. The fraction of sp³-hybridized carbons (Fsp3) is 0.231. The highest BCUT2D eigenvalue weighted by atomic mass is 127. The monoisotopic (exact) mass is 357 g/mol. The summed E-state index contributed by atoms with van der Waals surface area (Å²) in [5, 5.41) is 0. The van der Waals surface area contributed by atoms with Crippen LogP contribution in [0.1, 0.15) is 23.4 Å². The van der Waals surface area contributed by atoms with Crippen molar-refractivity contribution in [3.05, 3.63) is 39.5 Å². The summed E-state index contributed by atoms with van der Waals surface area (Å²) in [6, 6.07) is 7.72. The van der Waals surface area contributed by atoms with Gasteiger partial charge in [-0.1, -0.05) is 12.1 Å². The van der Waals surface area contributed by atoms with Gasteiger partial charge in [-0.2, -0.15) is 0 Å². The molecule has 0 aliphatic rings. The van der Waals surface area contributed by atoms with Crippen LogP contribution < -0.4 is 0 Å². The molecule has 0 fully saturated rings. The summed E-state index contributed by atoms with van der Waals surface area (Å²) in [7, 11) is 0. The number of esters is 1. The Labute approximate surface area is 118 Å². The Morgan fingerprint density at radius 2 is 2.28 bits per heavy atom. The number of rotatable bonds is 3. The van der Waals surface area contributed by atoms with E-state index in [1.807, 2.05) is 24.3 Å². The Hall–Kier alpha value is -1.37. The summed E-state index contributed by atoms with van der Waals surface area (Å²) in [6.07, 6.45) is 0. The second kappa shape index (κ2) is 5.51. The third kappa shape index (κ3) is 2.72. The van der Waals surface area contributed by atoms with E-state index in [-0.39, 0.29) is 5.76 Å². The molecule has 0 saturated carbocycles. The molecule has 0 aliphatic carbocycles. The van der Waals surface area contributed by atoms with Crippen molar-refractivity contribution in [2.24, 2.45) is 0 Å². The number of carbonyl (C=O) groups excluding carboxylic acids is 1. The first kappa shape index (κ1) is 13.1. The maximum Gasteiger partial charge on any atom is 0.376 e. The number of hydrogen-bond donors (Lipinski definition) is 0. The number of aromatic nitrogens is 1. The van der Waals surface area contributed by atoms with Gasteiger partial charge in [0.1, 0.15) is 5.69 Å². The molecule has 0 aliphatic heterocycles. The van der Waals surface area contributed by atoms with Crippen LogP contribution in [-0.2, 0) is 4.74 Å². The van der Waals surface area contributed by atoms with Gasteiger partial charge in [0.15, 0.2) is 5.89 Å². The molecule has 0 spiro atoms. The highest BCUT2D eigenvalue weighted by molar-refractivity contribution is 14.1. The van der Waals surface area contributed by atoms with Crippen LogP contribution >= 0.6 is 22.6 Å². The van der Waals surface area contributed by atoms with Crippen LogP contribution in [0, 0.1) is 10.5 Å². The Morgan fingerprint density at radius 3 is 2.94 bits per heavy atom. The van der Waals surface area contributed by atoms with E-state index in [1.54, 1.807) is 13.8 Å². The number of aryl methyl sites for hydroxylation is 1. The van der Waals surface area contributed by atoms with Crippen LogP contribution in [-0.4, -0.2) is 17.6 Å². The molecule has 0 amide bonds. The largest absolute Gasteiger partial charge is 0.460 e. The van der Waals surface area contributed by atoms with E-state index < -0.39 is 5.97 Å².